The van der Waals surface area contributed by atoms with Gasteiger partial charge in [-0.1, -0.05) is 20.3 Å². The van der Waals surface area contributed by atoms with Crippen molar-refractivity contribution in [3.63, 3.8) is 0 Å². The van der Waals surface area contributed by atoms with Gasteiger partial charge in [-0.15, -0.1) is 0 Å². The van der Waals surface area contributed by atoms with Crippen LogP contribution in [0.5, 0.6) is 0 Å². The molecular formula is C15H22N2O3S. The van der Waals surface area contributed by atoms with Crippen LogP contribution in [0.4, 0.5) is 5.69 Å². The van der Waals surface area contributed by atoms with Gasteiger partial charge < -0.3 is 11.1 Å². The van der Waals surface area contributed by atoms with Crippen molar-refractivity contribution in [1.82, 2.24) is 5.32 Å². The highest BCUT2D eigenvalue weighted by atomic mass is 32.2. The first kappa shape index (κ1) is 15.8. The van der Waals surface area contributed by atoms with E-state index in [1.165, 1.54) is 18.2 Å². The molecule has 2 rings (SSSR count). The number of anilines is 1. The van der Waals surface area contributed by atoms with Crippen LogP contribution in [0, 0.1) is 5.41 Å². The molecule has 0 heterocycles. The van der Waals surface area contributed by atoms with Crippen molar-refractivity contribution in [3.05, 3.63) is 23.8 Å². The summed E-state index contributed by atoms with van der Waals surface area (Å²) in [7, 11) is -3.39. The number of nitrogens with two attached hydrogens (primary N) is 1. The fourth-order valence-corrected chi connectivity index (χ4v) is 3.49. The molecule has 1 atom stereocenters. The van der Waals surface area contributed by atoms with Gasteiger partial charge in [0.05, 0.1) is 4.90 Å². The van der Waals surface area contributed by atoms with E-state index >= 15 is 0 Å². The molecule has 6 heteroatoms. The molecule has 1 aromatic carbocycles. The Labute approximate surface area is 125 Å². The molecule has 1 amide bonds. The molecule has 5 nitrogen and oxygen atoms in total. The van der Waals surface area contributed by atoms with Gasteiger partial charge in [-0.05, 0) is 36.5 Å². The average Bonchev–Trinajstić information content (AvgIpc) is 2.67. The molecule has 1 saturated carbocycles. The van der Waals surface area contributed by atoms with E-state index in [9.17, 15) is 13.2 Å². The number of nitrogen functional groups attached to an aromatic ring is 1. The fraction of sp³-hybridized carbons (Fsp3) is 0.533. The van der Waals surface area contributed by atoms with Gasteiger partial charge in [0.2, 0.25) is 0 Å². The predicted octanol–water partition coefficient (Wildman–Crippen LogP) is 1.98. The van der Waals surface area contributed by atoms with Gasteiger partial charge in [-0.2, -0.15) is 0 Å². The molecule has 0 radical (unpaired) electrons. The van der Waals surface area contributed by atoms with Crippen LogP contribution in [-0.2, 0) is 9.84 Å². The highest BCUT2D eigenvalue weighted by molar-refractivity contribution is 7.90. The zero-order chi connectivity index (χ0) is 15.8. The van der Waals surface area contributed by atoms with Gasteiger partial charge in [0.15, 0.2) is 9.84 Å². The van der Waals surface area contributed by atoms with Crippen LogP contribution < -0.4 is 11.1 Å². The average molecular weight is 310 g/mol. The monoisotopic (exact) mass is 310 g/mol. The van der Waals surface area contributed by atoms with Crippen molar-refractivity contribution in [1.29, 1.82) is 0 Å². The molecule has 1 fully saturated rings. The summed E-state index contributed by atoms with van der Waals surface area (Å²) in [6.45, 7) is 4.26. The lowest BCUT2D eigenvalue weighted by Gasteiger charge is -2.27. The van der Waals surface area contributed by atoms with Crippen molar-refractivity contribution in [2.75, 3.05) is 12.0 Å². The SMILES string of the molecule is CC1(C)CCCC1NC(=O)c1cc(N)cc(S(C)(=O)=O)c1. The first-order valence-corrected chi connectivity index (χ1v) is 8.90. The minimum atomic E-state index is -3.39. The summed E-state index contributed by atoms with van der Waals surface area (Å²) in [5, 5.41) is 3.00. The van der Waals surface area contributed by atoms with Crippen molar-refractivity contribution in [2.24, 2.45) is 5.41 Å². The fourth-order valence-electron chi connectivity index (χ4n) is 2.80. The Bertz CT molecular complexity index is 665. The maximum atomic E-state index is 12.4. The van der Waals surface area contributed by atoms with E-state index in [0.717, 1.165) is 25.5 Å². The summed E-state index contributed by atoms with van der Waals surface area (Å²) < 4.78 is 23.2. The number of nitrogens with one attached hydrogen (secondary N) is 1. The van der Waals surface area contributed by atoms with Crippen LogP contribution in [0.25, 0.3) is 0 Å². The molecule has 0 spiro atoms. The summed E-state index contributed by atoms with van der Waals surface area (Å²) in [6, 6.07) is 4.36. The van der Waals surface area contributed by atoms with Crippen LogP contribution in [0.3, 0.4) is 0 Å². The molecule has 1 aliphatic carbocycles. The third kappa shape index (κ3) is 3.56. The van der Waals surface area contributed by atoms with E-state index in [1.54, 1.807) is 0 Å². The normalized spacial score (nSPS) is 21.2. The molecule has 1 aliphatic rings. The number of benzene rings is 1. The van der Waals surface area contributed by atoms with Gasteiger partial charge in [0.25, 0.3) is 5.91 Å². The molecule has 0 aromatic heterocycles. The lowest BCUT2D eigenvalue weighted by atomic mass is 9.87. The van der Waals surface area contributed by atoms with E-state index in [-0.39, 0.29) is 33.5 Å². The number of rotatable bonds is 3. The van der Waals surface area contributed by atoms with Gasteiger partial charge in [0.1, 0.15) is 0 Å². The summed E-state index contributed by atoms with van der Waals surface area (Å²) in [5.41, 5.74) is 6.34. The Balaban J connectivity index is 2.26. The number of amides is 1. The van der Waals surface area contributed by atoms with E-state index in [1.807, 2.05) is 0 Å². The Morgan fingerprint density at radius 3 is 2.52 bits per heavy atom. The molecular weight excluding hydrogens is 288 g/mol. The quantitative estimate of drug-likeness (QED) is 0.835. The molecule has 1 aromatic rings. The van der Waals surface area contributed by atoms with E-state index < -0.39 is 9.84 Å². The zero-order valence-corrected chi connectivity index (χ0v) is 13.5. The molecule has 3 N–H and O–H groups in total. The third-order valence-electron chi connectivity index (χ3n) is 4.18. The minimum absolute atomic E-state index is 0.0651. The molecule has 0 aliphatic heterocycles. The lowest BCUT2D eigenvalue weighted by Crippen LogP contribution is -2.41. The Hall–Kier alpha value is -1.56. The van der Waals surface area contributed by atoms with Crippen molar-refractivity contribution >= 4 is 21.4 Å². The first-order chi connectivity index (χ1) is 9.59. The van der Waals surface area contributed by atoms with Gasteiger partial charge >= 0.3 is 0 Å². The molecule has 21 heavy (non-hydrogen) atoms. The van der Waals surface area contributed by atoms with Crippen molar-refractivity contribution < 1.29 is 13.2 Å². The van der Waals surface area contributed by atoms with Gasteiger partial charge in [-0.3, -0.25) is 4.79 Å². The standard InChI is InChI=1S/C15H22N2O3S/c1-15(2)6-4-5-13(15)17-14(18)10-7-11(16)9-12(8-10)21(3,19)20/h7-9,13H,4-6,16H2,1-3H3,(H,17,18). The number of hydrogen-bond acceptors (Lipinski definition) is 4. The third-order valence-corrected chi connectivity index (χ3v) is 5.27. The van der Waals surface area contributed by atoms with Crippen LogP contribution >= 0.6 is 0 Å². The second-order valence-corrected chi connectivity index (χ2v) is 8.49. The minimum Gasteiger partial charge on any atom is -0.399 e. The highest BCUT2D eigenvalue weighted by Gasteiger charge is 2.35. The summed E-state index contributed by atoms with van der Waals surface area (Å²) in [5.74, 6) is -0.271. The summed E-state index contributed by atoms with van der Waals surface area (Å²) in [6.07, 6.45) is 4.20. The van der Waals surface area contributed by atoms with E-state index in [2.05, 4.69) is 19.2 Å². The molecule has 1 unspecified atom stereocenters. The van der Waals surface area contributed by atoms with E-state index in [0.29, 0.717) is 0 Å². The number of sulfone groups is 1. The summed E-state index contributed by atoms with van der Waals surface area (Å²) in [4.78, 5) is 12.4. The maximum absolute atomic E-state index is 12.4. The van der Waals surface area contributed by atoms with Crippen molar-refractivity contribution in [2.45, 2.75) is 44.0 Å². The largest absolute Gasteiger partial charge is 0.399 e. The second kappa shape index (κ2) is 5.33. The summed E-state index contributed by atoms with van der Waals surface area (Å²) >= 11 is 0. The molecule has 0 saturated heterocycles. The maximum Gasteiger partial charge on any atom is 0.251 e. The van der Waals surface area contributed by atoms with Crippen molar-refractivity contribution in [3.8, 4) is 0 Å². The zero-order valence-electron chi connectivity index (χ0n) is 12.6. The second-order valence-electron chi connectivity index (χ2n) is 6.47. The number of carbonyl (C=O) groups is 1. The smallest absolute Gasteiger partial charge is 0.251 e. The van der Waals surface area contributed by atoms with Crippen LogP contribution in [-0.4, -0.2) is 26.6 Å². The Morgan fingerprint density at radius 2 is 2.00 bits per heavy atom. The van der Waals surface area contributed by atoms with Gasteiger partial charge in [0, 0.05) is 23.5 Å². The van der Waals surface area contributed by atoms with E-state index in [4.69, 9.17) is 5.73 Å². The molecule has 116 valence electrons. The first-order valence-electron chi connectivity index (χ1n) is 7.01. The highest BCUT2D eigenvalue weighted by Crippen LogP contribution is 2.37. The Kier molecular flexibility index (Phi) is 4.02. The van der Waals surface area contributed by atoms with Gasteiger partial charge in [-0.25, -0.2) is 8.42 Å². The van der Waals surface area contributed by atoms with Crippen LogP contribution in [0.15, 0.2) is 23.1 Å². The lowest BCUT2D eigenvalue weighted by molar-refractivity contribution is 0.0910. The predicted molar refractivity (Wildman–Crippen MR) is 82.9 cm³/mol. The topological polar surface area (TPSA) is 89.3 Å². The number of hydrogen-bond donors (Lipinski definition) is 2. The van der Waals surface area contributed by atoms with Crippen LogP contribution in [0.2, 0.25) is 0 Å². The Morgan fingerprint density at radius 1 is 1.33 bits per heavy atom. The number of carbonyl (C=O) groups excluding carboxylic acids is 1. The van der Waals surface area contributed by atoms with Crippen LogP contribution in [0.1, 0.15) is 43.5 Å². The molecule has 0 bridgehead atoms.